The quantitative estimate of drug-likeness (QED) is 0.873. The van der Waals surface area contributed by atoms with Crippen molar-refractivity contribution in [3.8, 4) is 0 Å². The van der Waals surface area contributed by atoms with Gasteiger partial charge in [0, 0.05) is 12.5 Å². The Morgan fingerprint density at radius 1 is 1.12 bits per heavy atom. The van der Waals surface area contributed by atoms with Crippen LogP contribution in [0, 0.1) is 23.5 Å². The summed E-state index contributed by atoms with van der Waals surface area (Å²) < 4.78 is 32.2. The van der Waals surface area contributed by atoms with Crippen LogP contribution in [0.1, 0.15) is 43.8 Å². The van der Waals surface area contributed by atoms with Crippen molar-refractivity contribution >= 4 is 11.9 Å². The van der Waals surface area contributed by atoms with Crippen LogP contribution in [0.2, 0.25) is 0 Å². The summed E-state index contributed by atoms with van der Waals surface area (Å²) in [5.74, 6) is -3.73. The van der Waals surface area contributed by atoms with E-state index in [9.17, 15) is 18.4 Å². The van der Waals surface area contributed by atoms with Gasteiger partial charge in [-0.25, -0.2) is 8.78 Å². The maximum absolute atomic E-state index is 13.5. The number of ether oxygens (including phenoxy) is 1. The van der Waals surface area contributed by atoms with Crippen LogP contribution < -0.4 is 5.32 Å². The number of aliphatic carboxylic acids is 1. The van der Waals surface area contributed by atoms with Gasteiger partial charge in [-0.15, -0.1) is 0 Å². The van der Waals surface area contributed by atoms with E-state index >= 15 is 0 Å². The maximum Gasteiger partial charge on any atom is 0.306 e. The minimum absolute atomic E-state index is 0.186. The van der Waals surface area contributed by atoms with Crippen molar-refractivity contribution in [1.82, 2.24) is 5.32 Å². The lowest BCUT2D eigenvalue weighted by atomic mass is 9.81. The SMILES string of the molecule is O=C(O)C1CCCC(C(=O)NC2CCOC2c2ccc(F)c(F)c2)C1. The maximum atomic E-state index is 13.5. The number of carboxylic acids is 1. The molecule has 0 aromatic heterocycles. The summed E-state index contributed by atoms with van der Waals surface area (Å²) in [5.41, 5.74) is 0.480. The lowest BCUT2D eigenvalue weighted by molar-refractivity contribution is -0.144. The average molecular weight is 353 g/mol. The molecule has 2 aliphatic rings. The van der Waals surface area contributed by atoms with E-state index in [1.165, 1.54) is 6.07 Å². The first-order chi connectivity index (χ1) is 12.0. The van der Waals surface area contributed by atoms with Crippen molar-refractivity contribution in [1.29, 1.82) is 0 Å². The molecule has 1 amide bonds. The number of hydrogen-bond donors (Lipinski definition) is 2. The summed E-state index contributed by atoms with van der Waals surface area (Å²) in [7, 11) is 0. The lowest BCUT2D eigenvalue weighted by Crippen LogP contribution is -2.42. The zero-order valence-electron chi connectivity index (χ0n) is 13.7. The Labute approximate surface area is 144 Å². The molecule has 7 heteroatoms. The Kier molecular flexibility index (Phi) is 5.32. The number of amides is 1. The molecule has 0 bridgehead atoms. The molecule has 1 aliphatic heterocycles. The first-order valence-electron chi connectivity index (χ1n) is 8.55. The Hall–Kier alpha value is -2.02. The number of carbonyl (C=O) groups excluding carboxylic acids is 1. The third-order valence-corrected chi connectivity index (χ3v) is 5.09. The predicted octanol–water partition coefficient (Wildman–Crippen LogP) is 2.80. The molecule has 1 aliphatic carbocycles. The molecule has 1 aromatic rings. The molecule has 0 spiro atoms. The number of nitrogens with one attached hydrogen (secondary N) is 1. The third kappa shape index (κ3) is 3.98. The second-order valence-corrected chi connectivity index (χ2v) is 6.77. The topological polar surface area (TPSA) is 75.6 Å². The van der Waals surface area contributed by atoms with Crippen LogP contribution in [-0.2, 0) is 14.3 Å². The summed E-state index contributed by atoms with van der Waals surface area (Å²) >= 11 is 0. The van der Waals surface area contributed by atoms with E-state index in [0.717, 1.165) is 12.1 Å². The van der Waals surface area contributed by atoms with Gasteiger partial charge < -0.3 is 15.2 Å². The molecule has 2 N–H and O–H groups in total. The van der Waals surface area contributed by atoms with Gasteiger partial charge in [-0.2, -0.15) is 0 Å². The lowest BCUT2D eigenvalue weighted by Gasteiger charge is -2.28. The van der Waals surface area contributed by atoms with Crippen LogP contribution >= 0.6 is 0 Å². The van der Waals surface area contributed by atoms with Crippen molar-refractivity contribution in [3.05, 3.63) is 35.4 Å². The fourth-order valence-electron chi connectivity index (χ4n) is 3.71. The van der Waals surface area contributed by atoms with Crippen LogP contribution in [0.5, 0.6) is 0 Å². The number of halogens is 2. The summed E-state index contributed by atoms with van der Waals surface area (Å²) in [6.07, 6.45) is 2.36. The molecule has 4 atom stereocenters. The van der Waals surface area contributed by atoms with Gasteiger partial charge in [0.25, 0.3) is 0 Å². The van der Waals surface area contributed by atoms with E-state index in [4.69, 9.17) is 9.84 Å². The van der Waals surface area contributed by atoms with Crippen molar-refractivity contribution < 1.29 is 28.2 Å². The second kappa shape index (κ2) is 7.47. The number of hydrogen-bond acceptors (Lipinski definition) is 3. The highest BCUT2D eigenvalue weighted by Gasteiger charge is 2.35. The molecule has 2 fully saturated rings. The predicted molar refractivity (Wildman–Crippen MR) is 84.7 cm³/mol. The minimum atomic E-state index is -0.949. The van der Waals surface area contributed by atoms with Crippen LogP contribution in [0.15, 0.2) is 18.2 Å². The van der Waals surface area contributed by atoms with Gasteiger partial charge in [-0.1, -0.05) is 12.5 Å². The Balaban J connectivity index is 1.65. The highest BCUT2D eigenvalue weighted by molar-refractivity contribution is 5.80. The molecule has 3 rings (SSSR count). The van der Waals surface area contributed by atoms with Gasteiger partial charge in [-0.3, -0.25) is 9.59 Å². The summed E-state index contributed by atoms with van der Waals surface area (Å²) in [5, 5.41) is 12.1. The molecule has 136 valence electrons. The van der Waals surface area contributed by atoms with Crippen LogP contribution in [-0.4, -0.2) is 29.6 Å². The third-order valence-electron chi connectivity index (χ3n) is 5.09. The molecule has 5 nitrogen and oxygen atoms in total. The smallest absolute Gasteiger partial charge is 0.306 e. The van der Waals surface area contributed by atoms with E-state index in [0.29, 0.717) is 44.3 Å². The highest BCUT2D eigenvalue weighted by atomic mass is 19.2. The van der Waals surface area contributed by atoms with Crippen molar-refractivity contribution in [2.75, 3.05) is 6.61 Å². The van der Waals surface area contributed by atoms with E-state index < -0.39 is 29.6 Å². The minimum Gasteiger partial charge on any atom is -0.481 e. The first-order valence-corrected chi connectivity index (χ1v) is 8.55. The number of carbonyl (C=O) groups is 2. The monoisotopic (exact) mass is 353 g/mol. The molecule has 0 radical (unpaired) electrons. The first kappa shape index (κ1) is 17.8. The summed E-state index contributed by atoms with van der Waals surface area (Å²) in [4.78, 5) is 23.7. The fourth-order valence-corrected chi connectivity index (χ4v) is 3.71. The largest absolute Gasteiger partial charge is 0.481 e. The molecule has 1 saturated carbocycles. The van der Waals surface area contributed by atoms with E-state index in [-0.39, 0.29) is 17.9 Å². The summed E-state index contributed by atoms with van der Waals surface area (Å²) in [6, 6.07) is 3.26. The van der Waals surface area contributed by atoms with Crippen molar-refractivity contribution in [3.63, 3.8) is 0 Å². The van der Waals surface area contributed by atoms with Gasteiger partial charge in [0.2, 0.25) is 5.91 Å². The molecule has 1 heterocycles. The number of rotatable bonds is 4. The van der Waals surface area contributed by atoms with E-state index in [2.05, 4.69) is 5.32 Å². The highest BCUT2D eigenvalue weighted by Crippen LogP contribution is 2.33. The van der Waals surface area contributed by atoms with Crippen molar-refractivity contribution in [2.24, 2.45) is 11.8 Å². The van der Waals surface area contributed by atoms with E-state index in [1.807, 2.05) is 0 Å². The zero-order valence-corrected chi connectivity index (χ0v) is 13.7. The Bertz CT molecular complexity index is 666. The average Bonchev–Trinajstić information content (AvgIpc) is 3.05. The molecule has 1 saturated heterocycles. The van der Waals surface area contributed by atoms with Crippen molar-refractivity contribution in [2.45, 2.75) is 44.2 Å². The molecule has 1 aromatic carbocycles. The van der Waals surface area contributed by atoms with Crippen LogP contribution in [0.4, 0.5) is 8.78 Å². The Morgan fingerprint density at radius 3 is 2.60 bits per heavy atom. The van der Waals surface area contributed by atoms with Gasteiger partial charge in [0.1, 0.15) is 6.10 Å². The van der Waals surface area contributed by atoms with Gasteiger partial charge in [0.15, 0.2) is 11.6 Å². The van der Waals surface area contributed by atoms with E-state index in [1.54, 1.807) is 0 Å². The molecular formula is C18H21F2NO4. The zero-order chi connectivity index (χ0) is 18.0. The van der Waals surface area contributed by atoms with Gasteiger partial charge >= 0.3 is 5.97 Å². The summed E-state index contributed by atoms with van der Waals surface area (Å²) in [6.45, 7) is 0.414. The standard InChI is InChI=1S/C18H21F2NO4/c19-13-5-4-10(9-14(13)20)16-15(6-7-25-16)21-17(22)11-2-1-3-12(8-11)18(23)24/h4-5,9,11-12,15-16H,1-3,6-8H2,(H,21,22)(H,23,24). The number of carboxylic acid groups (broad SMARTS) is 1. The van der Waals surface area contributed by atoms with Gasteiger partial charge in [0.05, 0.1) is 12.0 Å². The number of benzene rings is 1. The van der Waals surface area contributed by atoms with Crippen LogP contribution in [0.25, 0.3) is 0 Å². The Morgan fingerprint density at radius 2 is 1.88 bits per heavy atom. The van der Waals surface area contributed by atoms with Crippen LogP contribution in [0.3, 0.4) is 0 Å². The second-order valence-electron chi connectivity index (χ2n) is 6.77. The molecular weight excluding hydrogens is 332 g/mol. The normalized spacial score (nSPS) is 29.4. The van der Waals surface area contributed by atoms with Gasteiger partial charge in [-0.05, 0) is 43.4 Å². The molecule has 25 heavy (non-hydrogen) atoms. The fraction of sp³-hybridized carbons (Fsp3) is 0.556. The molecule has 4 unspecified atom stereocenters.